The molecule has 1 aromatic carbocycles. The minimum absolute atomic E-state index is 0.0645. The van der Waals surface area contributed by atoms with Crippen LogP contribution in [-0.2, 0) is 11.3 Å². The number of rotatable bonds is 8. The van der Waals surface area contributed by atoms with Crippen molar-refractivity contribution in [1.82, 2.24) is 5.32 Å². The molecule has 0 aliphatic carbocycles. The molecule has 1 unspecified atom stereocenters. The van der Waals surface area contributed by atoms with Crippen molar-refractivity contribution in [3.05, 3.63) is 29.8 Å². The lowest BCUT2D eigenvalue weighted by atomic mass is 10.2. The average Bonchev–Trinajstić information content (AvgIpc) is 2.44. The van der Waals surface area contributed by atoms with Gasteiger partial charge in [0.15, 0.2) is 0 Å². The lowest BCUT2D eigenvalue weighted by Crippen LogP contribution is -2.31. The van der Waals surface area contributed by atoms with Gasteiger partial charge in [0.25, 0.3) is 0 Å². The molecule has 3 N–H and O–H groups in total. The maximum absolute atomic E-state index is 11.9. The average molecular weight is 280 g/mol. The predicted octanol–water partition coefficient (Wildman–Crippen LogP) is 2.93. The van der Waals surface area contributed by atoms with Gasteiger partial charge in [-0.3, -0.25) is 4.79 Å². The third-order valence-corrected chi connectivity index (χ3v) is 4.03. The zero-order valence-corrected chi connectivity index (χ0v) is 12.6. The molecule has 4 heteroatoms. The number of benzene rings is 1. The fourth-order valence-corrected chi connectivity index (χ4v) is 2.58. The van der Waals surface area contributed by atoms with Gasteiger partial charge in [-0.1, -0.05) is 31.9 Å². The number of amides is 1. The number of nitrogens with one attached hydrogen (secondary N) is 1. The maximum atomic E-state index is 11.9. The number of unbranched alkanes of at least 4 members (excludes halogenated alkanes) is 2. The Morgan fingerprint density at radius 3 is 2.58 bits per heavy atom. The molecule has 0 fully saturated rings. The van der Waals surface area contributed by atoms with Gasteiger partial charge in [0.2, 0.25) is 5.91 Å². The molecule has 106 valence electrons. The number of hydrogen-bond acceptors (Lipinski definition) is 3. The Hall–Kier alpha value is -1.00. The summed E-state index contributed by atoms with van der Waals surface area (Å²) < 4.78 is 0. The van der Waals surface area contributed by atoms with Crippen molar-refractivity contribution in [2.24, 2.45) is 5.73 Å². The second-order valence-corrected chi connectivity index (χ2v) is 6.02. The fourth-order valence-electron chi connectivity index (χ4n) is 1.69. The third kappa shape index (κ3) is 6.12. The molecule has 0 spiro atoms. The van der Waals surface area contributed by atoms with Crippen LogP contribution in [-0.4, -0.2) is 17.7 Å². The van der Waals surface area contributed by atoms with Crippen LogP contribution in [0.15, 0.2) is 29.2 Å². The summed E-state index contributed by atoms with van der Waals surface area (Å²) in [5.41, 5.74) is 6.67. The van der Waals surface area contributed by atoms with E-state index in [2.05, 4.69) is 12.2 Å². The Balaban J connectivity index is 2.35. The molecule has 3 nitrogen and oxygen atoms in total. The highest BCUT2D eigenvalue weighted by molar-refractivity contribution is 8.00. The molecule has 1 rings (SSSR count). The normalized spacial score (nSPS) is 12.2. The molecule has 0 saturated carbocycles. The van der Waals surface area contributed by atoms with E-state index in [4.69, 9.17) is 5.73 Å². The van der Waals surface area contributed by atoms with E-state index in [0.717, 1.165) is 23.4 Å². The monoisotopic (exact) mass is 280 g/mol. The van der Waals surface area contributed by atoms with Gasteiger partial charge in [-0.2, -0.15) is 0 Å². The molecule has 0 bridgehead atoms. The summed E-state index contributed by atoms with van der Waals surface area (Å²) in [6.45, 7) is 5.43. The minimum atomic E-state index is -0.0645. The zero-order chi connectivity index (χ0) is 14.1. The van der Waals surface area contributed by atoms with Crippen molar-refractivity contribution in [2.45, 2.75) is 49.8 Å². The summed E-state index contributed by atoms with van der Waals surface area (Å²) in [5, 5.41) is 2.92. The summed E-state index contributed by atoms with van der Waals surface area (Å²) in [4.78, 5) is 13.0. The van der Waals surface area contributed by atoms with E-state index in [-0.39, 0.29) is 11.2 Å². The minimum Gasteiger partial charge on any atom is -0.355 e. The summed E-state index contributed by atoms with van der Waals surface area (Å²) in [7, 11) is 0. The Kier molecular flexibility index (Phi) is 7.60. The first-order valence-electron chi connectivity index (χ1n) is 6.90. The van der Waals surface area contributed by atoms with Crippen LogP contribution in [0.5, 0.6) is 0 Å². The highest BCUT2D eigenvalue weighted by Gasteiger charge is 2.13. The molecule has 0 heterocycles. The van der Waals surface area contributed by atoms with E-state index in [1.165, 1.54) is 12.8 Å². The largest absolute Gasteiger partial charge is 0.355 e. The first-order valence-corrected chi connectivity index (χ1v) is 7.78. The van der Waals surface area contributed by atoms with Crippen molar-refractivity contribution in [3.63, 3.8) is 0 Å². The van der Waals surface area contributed by atoms with Crippen molar-refractivity contribution < 1.29 is 4.79 Å². The zero-order valence-electron chi connectivity index (χ0n) is 11.8. The summed E-state index contributed by atoms with van der Waals surface area (Å²) in [6.07, 6.45) is 3.40. The second kappa shape index (κ2) is 8.99. The van der Waals surface area contributed by atoms with Crippen LogP contribution in [0.3, 0.4) is 0 Å². The molecule has 0 aliphatic heterocycles. The molecule has 1 atom stereocenters. The summed E-state index contributed by atoms with van der Waals surface area (Å²) in [5.74, 6) is 0.115. The van der Waals surface area contributed by atoms with Crippen LogP contribution in [0.25, 0.3) is 0 Å². The fraction of sp³-hybridized carbons (Fsp3) is 0.533. The smallest absolute Gasteiger partial charge is 0.233 e. The van der Waals surface area contributed by atoms with E-state index in [1.807, 2.05) is 31.2 Å². The van der Waals surface area contributed by atoms with Gasteiger partial charge in [0.1, 0.15) is 0 Å². The van der Waals surface area contributed by atoms with Crippen molar-refractivity contribution in [3.8, 4) is 0 Å². The van der Waals surface area contributed by atoms with E-state index in [1.54, 1.807) is 11.8 Å². The van der Waals surface area contributed by atoms with Crippen LogP contribution >= 0.6 is 11.8 Å². The van der Waals surface area contributed by atoms with E-state index in [9.17, 15) is 4.79 Å². The van der Waals surface area contributed by atoms with Gasteiger partial charge in [-0.25, -0.2) is 0 Å². The number of thioether (sulfide) groups is 1. The molecular formula is C15H24N2OS. The maximum Gasteiger partial charge on any atom is 0.233 e. The first-order chi connectivity index (χ1) is 9.17. The lowest BCUT2D eigenvalue weighted by molar-refractivity contribution is -0.120. The molecule has 0 aromatic heterocycles. The van der Waals surface area contributed by atoms with Crippen molar-refractivity contribution in [2.75, 3.05) is 6.54 Å². The lowest BCUT2D eigenvalue weighted by Gasteiger charge is -2.12. The Labute approximate surface area is 120 Å². The molecule has 0 saturated heterocycles. The van der Waals surface area contributed by atoms with Gasteiger partial charge < -0.3 is 11.1 Å². The van der Waals surface area contributed by atoms with Gasteiger partial charge in [0.05, 0.1) is 5.25 Å². The quantitative estimate of drug-likeness (QED) is 0.568. The summed E-state index contributed by atoms with van der Waals surface area (Å²) >= 11 is 1.58. The number of hydrogen-bond donors (Lipinski definition) is 2. The SMILES string of the molecule is CCCCCNC(=O)C(C)Sc1ccc(CN)cc1. The highest BCUT2D eigenvalue weighted by Crippen LogP contribution is 2.23. The van der Waals surface area contributed by atoms with E-state index < -0.39 is 0 Å². The highest BCUT2D eigenvalue weighted by atomic mass is 32.2. The van der Waals surface area contributed by atoms with Gasteiger partial charge in [-0.05, 0) is 31.0 Å². The Morgan fingerprint density at radius 1 is 1.32 bits per heavy atom. The van der Waals surface area contributed by atoms with Crippen LogP contribution in [0.1, 0.15) is 38.7 Å². The van der Waals surface area contributed by atoms with Crippen LogP contribution in [0.2, 0.25) is 0 Å². The van der Waals surface area contributed by atoms with Crippen LogP contribution < -0.4 is 11.1 Å². The third-order valence-electron chi connectivity index (χ3n) is 2.92. The second-order valence-electron chi connectivity index (χ2n) is 4.61. The van der Waals surface area contributed by atoms with Gasteiger partial charge in [0, 0.05) is 18.0 Å². The molecule has 0 radical (unpaired) electrons. The van der Waals surface area contributed by atoms with Gasteiger partial charge in [-0.15, -0.1) is 11.8 Å². The Bertz CT molecular complexity index is 378. The number of nitrogens with two attached hydrogens (primary N) is 1. The van der Waals surface area contributed by atoms with Crippen LogP contribution in [0, 0.1) is 0 Å². The van der Waals surface area contributed by atoms with Gasteiger partial charge >= 0.3 is 0 Å². The van der Waals surface area contributed by atoms with Crippen molar-refractivity contribution >= 4 is 17.7 Å². The first kappa shape index (κ1) is 16.1. The molecule has 0 aliphatic rings. The molecule has 1 aromatic rings. The van der Waals surface area contributed by atoms with E-state index in [0.29, 0.717) is 6.54 Å². The standard InChI is InChI=1S/C15H24N2OS/c1-3-4-5-10-17-15(18)12(2)19-14-8-6-13(11-16)7-9-14/h6-9,12H,3-5,10-11,16H2,1-2H3,(H,17,18). The molecular weight excluding hydrogens is 256 g/mol. The predicted molar refractivity (Wildman–Crippen MR) is 82.2 cm³/mol. The Morgan fingerprint density at radius 2 is 2.00 bits per heavy atom. The van der Waals surface area contributed by atoms with Crippen molar-refractivity contribution in [1.29, 1.82) is 0 Å². The number of carbonyl (C=O) groups is 1. The summed E-state index contributed by atoms with van der Waals surface area (Å²) in [6, 6.07) is 8.06. The molecule has 1 amide bonds. The molecule has 19 heavy (non-hydrogen) atoms. The topological polar surface area (TPSA) is 55.1 Å². The van der Waals surface area contributed by atoms with E-state index >= 15 is 0 Å². The number of carbonyl (C=O) groups excluding carboxylic acids is 1. The van der Waals surface area contributed by atoms with Crippen LogP contribution in [0.4, 0.5) is 0 Å².